The van der Waals surface area contributed by atoms with Gasteiger partial charge in [0.25, 0.3) is 0 Å². The third-order valence-corrected chi connectivity index (χ3v) is 4.04. The molecule has 2 unspecified atom stereocenters. The van der Waals surface area contributed by atoms with Crippen molar-refractivity contribution >= 4 is 17.9 Å². The lowest BCUT2D eigenvalue weighted by molar-refractivity contribution is -0.181. The highest BCUT2D eigenvalue weighted by Gasteiger charge is 2.57. The molecule has 25 heavy (non-hydrogen) atoms. The van der Waals surface area contributed by atoms with Gasteiger partial charge in [-0.1, -0.05) is 18.2 Å². The van der Waals surface area contributed by atoms with E-state index in [4.69, 9.17) is 18.9 Å². The van der Waals surface area contributed by atoms with Crippen molar-refractivity contribution in [2.75, 3.05) is 6.61 Å². The molecule has 1 heterocycles. The lowest BCUT2D eigenvalue weighted by Crippen LogP contribution is -2.52. The molecule has 1 saturated heterocycles. The number of benzene rings is 1. The maximum Gasteiger partial charge on any atom is 0.338 e. The molecule has 1 fully saturated rings. The molecule has 0 amide bonds. The van der Waals surface area contributed by atoms with E-state index in [0.717, 1.165) is 0 Å². The Morgan fingerprint density at radius 3 is 2.32 bits per heavy atom. The zero-order valence-corrected chi connectivity index (χ0v) is 14.7. The van der Waals surface area contributed by atoms with Crippen LogP contribution in [0, 0.1) is 0 Å². The average Bonchev–Trinajstić information content (AvgIpc) is 2.76. The number of rotatable bonds is 5. The van der Waals surface area contributed by atoms with Gasteiger partial charge in [-0.05, 0) is 26.0 Å². The second-order valence-corrected chi connectivity index (χ2v) is 6.10. The Bertz CT molecular complexity index is 642. The summed E-state index contributed by atoms with van der Waals surface area (Å²) >= 11 is 0. The summed E-state index contributed by atoms with van der Waals surface area (Å²) in [5, 5.41) is 0. The molecule has 0 spiro atoms. The zero-order valence-electron chi connectivity index (χ0n) is 14.7. The van der Waals surface area contributed by atoms with Gasteiger partial charge in [-0.2, -0.15) is 0 Å². The molecule has 136 valence electrons. The van der Waals surface area contributed by atoms with Crippen molar-refractivity contribution in [1.82, 2.24) is 0 Å². The first-order valence-corrected chi connectivity index (χ1v) is 7.98. The second kappa shape index (κ2) is 7.65. The number of hydrogen-bond acceptors (Lipinski definition) is 7. The summed E-state index contributed by atoms with van der Waals surface area (Å²) in [5.74, 6) is -1.57. The molecule has 0 radical (unpaired) electrons. The monoisotopic (exact) mass is 350 g/mol. The Morgan fingerprint density at radius 2 is 1.76 bits per heavy atom. The van der Waals surface area contributed by atoms with Crippen LogP contribution in [-0.4, -0.2) is 48.4 Å². The summed E-state index contributed by atoms with van der Waals surface area (Å²) in [6.45, 7) is 5.69. The fourth-order valence-electron chi connectivity index (χ4n) is 2.95. The molecule has 7 heteroatoms. The molecule has 1 aliphatic heterocycles. The molecule has 0 aromatic heterocycles. The SMILES string of the molecule is CC(=O)O[C@@H]1C(C)O[C@H](COC(=O)c2ccccc2)C1(C)OC(C)=O. The van der Waals surface area contributed by atoms with E-state index in [1.54, 1.807) is 44.2 Å². The van der Waals surface area contributed by atoms with Crippen LogP contribution in [0.5, 0.6) is 0 Å². The van der Waals surface area contributed by atoms with Gasteiger partial charge < -0.3 is 18.9 Å². The molecular formula is C18H22O7. The van der Waals surface area contributed by atoms with Crippen molar-refractivity contribution < 1.29 is 33.3 Å². The first kappa shape index (κ1) is 18.9. The van der Waals surface area contributed by atoms with Gasteiger partial charge in [-0.25, -0.2) is 4.79 Å². The van der Waals surface area contributed by atoms with E-state index in [1.807, 2.05) is 0 Å². The fourth-order valence-corrected chi connectivity index (χ4v) is 2.95. The van der Waals surface area contributed by atoms with Crippen molar-refractivity contribution in [3.8, 4) is 0 Å². The van der Waals surface area contributed by atoms with Crippen LogP contribution in [0.1, 0.15) is 38.1 Å². The standard InChI is InChI=1S/C18H22O7/c1-11-16(24-12(2)19)18(4,25-13(3)20)15(23-11)10-22-17(21)14-8-6-5-7-9-14/h5-9,11,15-16H,10H2,1-4H3/t11?,15-,16-,18?/m1/s1. The van der Waals surface area contributed by atoms with Crippen LogP contribution in [0.25, 0.3) is 0 Å². The maximum atomic E-state index is 12.1. The van der Waals surface area contributed by atoms with E-state index in [9.17, 15) is 14.4 Å². The largest absolute Gasteiger partial charge is 0.459 e. The van der Waals surface area contributed by atoms with E-state index < -0.39 is 41.8 Å². The minimum atomic E-state index is -1.26. The van der Waals surface area contributed by atoms with Crippen LogP contribution in [0.3, 0.4) is 0 Å². The molecule has 0 saturated carbocycles. The molecular weight excluding hydrogens is 328 g/mol. The van der Waals surface area contributed by atoms with E-state index >= 15 is 0 Å². The van der Waals surface area contributed by atoms with Gasteiger partial charge in [0.05, 0.1) is 11.7 Å². The lowest BCUT2D eigenvalue weighted by Gasteiger charge is -2.33. The topological polar surface area (TPSA) is 88.1 Å². The smallest absolute Gasteiger partial charge is 0.338 e. The van der Waals surface area contributed by atoms with Crippen molar-refractivity contribution in [2.24, 2.45) is 0 Å². The lowest BCUT2D eigenvalue weighted by atomic mass is 9.92. The molecule has 4 atom stereocenters. The molecule has 2 rings (SSSR count). The van der Waals surface area contributed by atoms with Crippen LogP contribution in [0.15, 0.2) is 30.3 Å². The number of hydrogen-bond donors (Lipinski definition) is 0. The minimum absolute atomic E-state index is 0.139. The summed E-state index contributed by atoms with van der Waals surface area (Å²) in [4.78, 5) is 35.0. The highest BCUT2D eigenvalue weighted by molar-refractivity contribution is 5.89. The van der Waals surface area contributed by atoms with Gasteiger partial charge in [-0.15, -0.1) is 0 Å². The highest BCUT2D eigenvalue weighted by Crippen LogP contribution is 2.37. The average molecular weight is 350 g/mol. The Hall–Kier alpha value is -2.41. The Balaban J connectivity index is 2.13. The molecule has 1 aromatic carbocycles. The van der Waals surface area contributed by atoms with Crippen LogP contribution in [-0.2, 0) is 28.5 Å². The number of carbonyl (C=O) groups excluding carboxylic acids is 3. The molecule has 1 aromatic rings. The predicted octanol–water partition coefficient (Wildman–Crippen LogP) is 1.88. The van der Waals surface area contributed by atoms with Gasteiger partial charge in [0.15, 0.2) is 11.7 Å². The molecule has 0 N–H and O–H groups in total. The Morgan fingerprint density at radius 1 is 1.12 bits per heavy atom. The number of carbonyl (C=O) groups is 3. The van der Waals surface area contributed by atoms with Crippen LogP contribution in [0.4, 0.5) is 0 Å². The zero-order chi connectivity index (χ0) is 18.6. The van der Waals surface area contributed by atoms with Crippen LogP contribution >= 0.6 is 0 Å². The summed E-state index contributed by atoms with van der Waals surface area (Å²) in [6.07, 6.45) is -2.08. The summed E-state index contributed by atoms with van der Waals surface area (Å²) in [6, 6.07) is 8.51. The summed E-state index contributed by atoms with van der Waals surface area (Å²) in [7, 11) is 0. The van der Waals surface area contributed by atoms with Crippen molar-refractivity contribution in [3.05, 3.63) is 35.9 Å². The second-order valence-electron chi connectivity index (χ2n) is 6.10. The number of esters is 3. The third-order valence-electron chi connectivity index (χ3n) is 4.04. The van der Waals surface area contributed by atoms with Crippen LogP contribution < -0.4 is 0 Å². The van der Waals surface area contributed by atoms with Gasteiger partial charge in [0.2, 0.25) is 0 Å². The highest BCUT2D eigenvalue weighted by atomic mass is 16.7. The fraction of sp³-hybridized carbons (Fsp3) is 0.500. The predicted molar refractivity (Wildman–Crippen MR) is 86.8 cm³/mol. The van der Waals surface area contributed by atoms with E-state index in [2.05, 4.69) is 0 Å². The molecule has 0 bridgehead atoms. The first-order valence-electron chi connectivity index (χ1n) is 7.98. The van der Waals surface area contributed by atoms with E-state index in [-0.39, 0.29) is 6.61 Å². The molecule has 1 aliphatic rings. The quantitative estimate of drug-likeness (QED) is 0.592. The molecule has 7 nitrogen and oxygen atoms in total. The normalized spacial score (nSPS) is 28.2. The maximum absolute atomic E-state index is 12.1. The van der Waals surface area contributed by atoms with Crippen LogP contribution in [0.2, 0.25) is 0 Å². The first-order chi connectivity index (χ1) is 11.7. The van der Waals surface area contributed by atoms with Gasteiger partial charge in [0.1, 0.15) is 12.7 Å². The van der Waals surface area contributed by atoms with Crippen molar-refractivity contribution in [1.29, 1.82) is 0 Å². The van der Waals surface area contributed by atoms with Gasteiger partial charge >= 0.3 is 17.9 Å². The minimum Gasteiger partial charge on any atom is -0.459 e. The number of ether oxygens (including phenoxy) is 4. The summed E-state index contributed by atoms with van der Waals surface area (Å²) in [5.41, 5.74) is -0.854. The van der Waals surface area contributed by atoms with Gasteiger partial charge in [0, 0.05) is 13.8 Å². The van der Waals surface area contributed by atoms with E-state index in [0.29, 0.717) is 5.56 Å². The van der Waals surface area contributed by atoms with Crippen molar-refractivity contribution in [2.45, 2.75) is 51.6 Å². The van der Waals surface area contributed by atoms with Gasteiger partial charge in [-0.3, -0.25) is 9.59 Å². The van der Waals surface area contributed by atoms with Crippen molar-refractivity contribution in [3.63, 3.8) is 0 Å². The Kier molecular flexibility index (Phi) is 5.79. The van der Waals surface area contributed by atoms with E-state index in [1.165, 1.54) is 13.8 Å². The summed E-state index contributed by atoms with van der Waals surface area (Å²) < 4.78 is 21.7. The molecule has 0 aliphatic carbocycles. The Labute approximate surface area is 146 Å². The third kappa shape index (κ3) is 4.36.